The maximum absolute atomic E-state index is 12.0. The highest BCUT2D eigenvalue weighted by Crippen LogP contribution is 2.16. The molecule has 0 unspecified atom stereocenters. The Balaban J connectivity index is 1.83. The van der Waals surface area contributed by atoms with E-state index in [-0.39, 0.29) is 24.5 Å². The number of aryl methyl sites for hydroxylation is 1. The highest BCUT2D eigenvalue weighted by molar-refractivity contribution is 6.03. The second-order valence-corrected chi connectivity index (χ2v) is 6.27. The van der Waals surface area contributed by atoms with Gasteiger partial charge in [-0.1, -0.05) is 13.8 Å². The lowest BCUT2D eigenvalue weighted by molar-refractivity contribution is -0.124. The molecular formula is C18H24N4O3. The Hall–Kier alpha value is -2.83. The first kappa shape index (κ1) is 18.5. The molecule has 2 amide bonds. The Morgan fingerprint density at radius 2 is 1.88 bits per heavy atom. The van der Waals surface area contributed by atoms with E-state index in [1.165, 1.54) is 6.20 Å². The molecule has 0 aliphatic rings. The molecular weight excluding hydrogens is 320 g/mol. The van der Waals surface area contributed by atoms with E-state index in [2.05, 4.69) is 15.7 Å². The van der Waals surface area contributed by atoms with E-state index in [0.717, 1.165) is 0 Å². The molecule has 0 radical (unpaired) electrons. The van der Waals surface area contributed by atoms with Crippen LogP contribution in [0.2, 0.25) is 0 Å². The number of carbonyl (C=O) groups is 2. The fraction of sp³-hybridized carbons (Fsp3) is 0.389. The summed E-state index contributed by atoms with van der Waals surface area (Å²) in [5, 5.41) is 9.62. The summed E-state index contributed by atoms with van der Waals surface area (Å²) in [5.41, 5.74) is 1.12. The summed E-state index contributed by atoms with van der Waals surface area (Å²) in [6.45, 7) is 6.01. The molecule has 0 spiro atoms. The average Bonchev–Trinajstić information content (AvgIpc) is 3.00. The SMILES string of the molecule is CC(C)[C@H](C)NC(=O)COc1ccc(NC(=O)c2cnn(C)c2)cc1. The number of nitrogens with one attached hydrogen (secondary N) is 2. The summed E-state index contributed by atoms with van der Waals surface area (Å²) in [6.07, 6.45) is 3.15. The van der Waals surface area contributed by atoms with Gasteiger partial charge in [-0.2, -0.15) is 5.10 Å². The molecule has 1 atom stereocenters. The summed E-state index contributed by atoms with van der Waals surface area (Å²) in [4.78, 5) is 23.8. The van der Waals surface area contributed by atoms with Gasteiger partial charge in [0.15, 0.2) is 6.61 Å². The van der Waals surface area contributed by atoms with Crippen molar-refractivity contribution < 1.29 is 14.3 Å². The van der Waals surface area contributed by atoms with E-state index >= 15 is 0 Å². The largest absolute Gasteiger partial charge is 0.484 e. The van der Waals surface area contributed by atoms with Gasteiger partial charge in [0.2, 0.25) is 0 Å². The van der Waals surface area contributed by atoms with Gasteiger partial charge in [-0.3, -0.25) is 14.3 Å². The normalized spacial score (nSPS) is 11.9. The van der Waals surface area contributed by atoms with Crippen LogP contribution >= 0.6 is 0 Å². The van der Waals surface area contributed by atoms with Gasteiger partial charge in [0.25, 0.3) is 11.8 Å². The summed E-state index contributed by atoms with van der Waals surface area (Å²) < 4.78 is 7.02. The van der Waals surface area contributed by atoms with Crippen molar-refractivity contribution in [1.29, 1.82) is 0 Å². The standard InChI is InChI=1S/C18H24N4O3/c1-12(2)13(3)20-17(23)11-25-16-7-5-15(6-8-16)21-18(24)14-9-19-22(4)10-14/h5-10,12-13H,11H2,1-4H3,(H,20,23)(H,21,24)/t13-/m0/s1. The Kier molecular flexibility index (Phi) is 6.16. The molecule has 0 bridgehead atoms. The van der Waals surface area contributed by atoms with E-state index in [1.807, 2.05) is 20.8 Å². The summed E-state index contributed by atoms with van der Waals surface area (Å²) in [6, 6.07) is 6.95. The van der Waals surface area contributed by atoms with E-state index in [4.69, 9.17) is 4.74 Å². The third-order valence-corrected chi connectivity index (χ3v) is 3.84. The van der Waals surface area contributed by atoms with Crippen LogP contribution in [0.4, 0.5) is 5.69 Å². The molecule has 0 aliphatic heterocycles. The summed E-state index contributed by atoms with van der Waals surface area (Å²) >= 11 is 0. The molecule has 7 nitrogen and oxygen atoms in total. The Morgan fingerprint density at radius 3 is 2.44 bits per heavy atom. The summed E-state index contributed by atoms with van der Waals surface area (Å²) in [7, 11) is 1.75. The number of carbonyl (C=O) groups excluding carboxylic acids is 2. The first-order valence-corrected chi connectivity index (χ1v) is 8.17. The van der Waals surface area contributed by atoms with Crippen molar-refractivity contribution in [3.8, 4) is 5.75 Å². The predicted molar refractivity (Wildman–Crippen MR) is 95.5 cm³/mol. The van der Waals surface area contributed by atoms with Crippen LogP contribution in [0.25, 0.3) is 0 Å². The lowest BCUT2D eigenvalue weighted by Gasteiger charge is -2.17. The molecule has 0 fully saturated rings. The second-order valence-electron chi connectivity index (χ2n) is 6.27. The molecule has 2 N–H and O–H groups in total. The number of rotatable bonds is 7. The first-order valence-electron chi connectivity index (χ1n) is 8.17. The van der Waals surface area contributed by atoms with Crippen molar-refractivity contribution in [2.45, 2.75) is 26.8 Å². The zero-order valence-corrected chi connectivity index (χ0v) is 14.9. The number of amides is 2. The number of aromatic nitrogens is 2. The van der Waals surface area contributed by atoms with Crippen LogP contribution in [0.1, 0.15) is 31.1 Å². The molecule has 134 valence electrons. The number of hydrogen-bond donors (Lipinski definition) is 2. The van der Waals surface area contributed by atoms with Gasteiger partial charge in [-0.25, -0.2) is 0 Å². The highest BCUT2D eigenvalue weighted by Gasteiger charge is 2.11. The Bertz CT molecular complexity index is 722. The fourth-order valence-electron chi connectivity index (χ4n) is 1.99. The lowest BCUT2D eigenvalue weighted by atomic mass is 10.1. The number of ether oxygens (including phenoxy) is 1. The van der Waals surface area contributed by atoms with Crippen LogP contribution < -0.4 is 15.4 Å². The van der Waals surface area contributed by atoms with Crippen LogP contribution in [0.5, 0.6) is 5.75 Å². The minimum atomic E-state index is -0.233. The molecule has 2 rings (SSSR count). The Morgan fingerprint density at radius 1 is 1.20 bits per heavy atom. The maximum atomic E-state index is 12.0. The van der Waals surface area contributed by atoms with E-state index < -0.39 is 0 Å². The van der Waals surface area contributed by atoms with Crippen LogP contribution in [-0.4, -0.2) is 34.2 Å². The summed E-state index contributed by atoms with van der Waals surface area (Å²) in [5.74, 6) is 0.539. The molecule has 2 aromatic rings. The monoisotopic (exact) mass is 344 g/mol. The van der Waals surface area contributed by atoms with Gasteiger partial charge in [-0.05, 0) is 37.1 Å². The van der Waals surface area contributed by atoms with Gasteiger partial charge < -0.3 is 15.4 Å². The highest BCUT2D eigenvalue weighted by atomic mass is 16.5. The minimum Gasteiger partial charge on any atom is -0.484 e. The van der Waals surface area contributed by atoms with Crippen molar-refractivity contribution in [3.63, 3.8) is 0 Å². The van der Waals surface area contributed by atoms with Gasteiger partial charge in [0, 0.05) is 25.0 Å². The van der Waals surface area contributed by atoms with Crippen molar-refractivity contribution in [3.05, 3.63) is 42.2 Å². The average molecular weight is 344 g/mol. The molecule has 0 aliphatic carbocycles. The van der Waals surface area contributed by atoms with Crippen LogP contribution in [0.15, 0.2) is 36.7 Å². The van der Waals surface area contributed by atoms with Gasteiger partial charge in [0.05, 0.1) is 11.8 Å². The minimum absolute atomic E-state index is 0.0432. The third kappa shape index (κ3) is 5.63. The predicted octanol–water partition coefficient (Wildman–Crippen LogP) is 2.21. The van der Waals surface area contributed by atoms with E-state index in [0.29, 0.717) is 22.9 Å². The van der Waals surface area contributed by atoms with Crippen LogP contribution in [0.3, 0.4) is 0 Å². The quantitative estimate of drug-likeness (QED) is 0.806. The molecule has 25 heavy (non-hydrogen) atoms. The lowest BCUT2D eigenvalue weighted by Crippen LogP contribution is -2.38. The third-order valence-electron chi connectivity index (χ3n) is 3.84. The van der Waals surface area contributed by atoms with Crippen LogP contribution in [0, 0.1) is 5.92 Å². The molecule has 7 heteroatoms. The molecule has 1 aromatic carbocycles. The number of benzene rings is 1. The first-order chi connectivity index (χ1) is 11.8. The molecule has 0 saturated heterocycles. The van der Waals surface area contributed by atoms with Crippen LogP contribution in [-0.2, 0) is 11.8 Å². The van der Waals surface area contributed by atoms with Crippen molar-refractivity contribution in [1.82, 2.24) is 15.1 Å². The number of nitrogens with zero attached hydrogens (tertiary/aromatic N) is 2. The Labute approximate surface area is 147 Å². The van der Waals surface area contributed by atoms with E-state index in [1.54, 1.807) is 42.2 Å². The topological polar surface area (TPSA) is 85.2 Å². The van der Waals surface area contributed by atoms with Gasteiger partial charge in [-0.15, -0.1) is 0 Å². The molecule has 0 saturated carbocycles. The molecule has 1 heterocycles. The smallest absolute Gasteiger partial charge is 0.258 e. The maximum Gasteiger partial charge on any atom is 0.258 e. The van der Waals surface area contributed by atoms with Crippen molar-refractivity contribution in [2.24, 2.45) is 13.0 Å². The number of anilines is 1. The zero-order valence-electron chi connectivity index (χ0n) is 14.9. The van der Waals surface area contributed by atoms with Gasteiger partial charge in [0.1, 0.15) is 5.75 Å². The second kappa shape index (κ2) is 8.32. The van der Waals surface area contributed by atoms with E-state index in [9.17, 15) is 9.59 Å². The van der Waals surface area contributed by atoms with Gasteiger partial charge >= 0.3 is 0 Å². The fourth-order valence-corrected chi connectivity index (χ4v) is 1.99. The molecule has 1 aromatic heterocycles. The van der Waals surface area contributed by atoms with Crippen molar-refractivity contribution >= 4 is 17.5 Å². The zero-order chi connectivity index (χ0) is 18.4. The number of hydrogen-bond acceptors (Lipinski definition) is 4. The van der Waals surface area contributed by atoms with Crippen molar-refractivity contribution in [2.75, 3.05) is 11.9 Å².